The van der Waals surface area contributed by atoms with Crippen LogP contribution < -0.4 is 5.73 Å². The number of carbonyl (C=O) groups is 1. The quantitative estimate of drug-likeness (QED) is 0.876. The van der Waals surface area contributed by atoms with Crippen molar-refractivity contribution in [1.29, 1.82) is 0 Å². The van der Waals surface area contributed by atoms with Crippen LogP contribution in [0.3, 0.4) is 0 Å². The van der Waals surface area contributed by atoms with Crippen molar-refractivity contribution in [3.63, 3.8) is 0 Å². The lowest BCUT2D eigenvalue weighted by Gasteiger charge is -2.36. The summed E-state index contributed by atoms with van der Waals surface area (Å²) in [5.41, 5.74) is 6.99. The highest BCUT2D eigenvalue weighted by molar-refractivity contribution is 5.76. The van der Waals surface area contributed by atoms with Gasteiger partial charge in [0.2, 0.25) is 5.91 Å². The van der Waals surface area contributed by atoms with Gasteiger partial charge in [-0.25, -0.2) is 0 Å². The monoisotopic (exact) mass is 290 g/mol. The van der Waals surface area contributed by atoms with Crippen molar-refractivity contribution in [3.05, 3.63) is 29.8 Å². The fraction of sp³-hybridized carbons (Fsp3) is 0.588. The Bertz CT molecular complexity index is 464. The van der Waals surface area contributed by atoms with E-state index in [2.05, 4.69) is 0 Å². The standard InChI is InChI=1S/C17H26N2O2/c1-19(12-14-5-7-15(20)8-6-14)16(21)11-17(13-18)9-3-2-4-10-17/h5-8,20H,2-4,9-13,18H2,1H3. The molecular formula is C17H26N2O2. The predicted octanol–water partition coefficient (Wildman–Crippen LogP) is 2.65. The lowest BCUT2D eigenvalue weighted by atomic mass is 9.71. The summed E-state index contributed by atoms with van der Waals surface area (Å²) >= 11 is 0. The molecule has 0 atom stereocenters. The molecule has 0 aliphatic heterocycles. The summed E-state index contributed by atoms with van der Waals surface area (Å²) in [6, 6.07) is 6.99. The molecule has 1 saturated carbocycles. The largest absolute Gasteiger partial charge is 0.508 e. The number of hydrogen-bond donors (Lipinski definition) is 2. The van der Waals surface area contributed by atoms with Gasteiger partial charge in [-0.1, -0.05) is 31.4 Å². The second-order valence-corrected chi connectivity index (χ2v) is 6.36. The van der Waals surface area contributed by atoms with Crippen LogP contribution in [0.5, 0.6) is 5.75 Å². The number of nitrogens with zero attached hydrogens (tertiary/aromatic N) is 1. The first-order valence-electron chi connectivity index (χ1n) is 7.77. The second kappa shape index (κ2) is 6.94. The fourth-order valence-electron chi connectivity index (χ4n) is 3.17. The van der Waals surface area contributed by atoms with E-state index in [1.165, 1.54) is 19.3 Å². The Labute approximate surface area is 126 Å². The van der Waals surface area contributed by atoms with Crippen molar-refractivity contribution in [2.75, 3.05) is 13.6 Å². The van der Waals surface area contributed by atoms with E-state index in [1.54, 1.807) is 17.0 Å². The van der Waals surface area contributed by atoms with Crippen LogP contribution in [0.1, 0.15) is 44.1 Å². The molecule has 3 N–H and O–H groups in total. The maximum Gasteiger partial charge on any atom is 0.223 e. The highest BCUT2D eigenvalue weighted by Crippen LogP contribution is 2.38. The van der Waals surface area contributed by atoms with Crippen molar-refractivity contribution in [1.82, 2.24) is 4.90 Å². The van der Waals surface area contributed by atoms with Gasteiger partial charge in [-0.15, -0.1) is 0 Å². The topological polar surface area (TPSA) is 66.6 Å². The molecule has 1 aliphatic rings. The molecule has 1 amide bonds. The predicted molar refractivity (Wildman–Crippen MR) is 83.8 cm³/mol. The van der Waals surface area contributed by atoms with Gasteiger partial charge in [-0.05, 0) is 42.5 Å². The molecule has 1 aromatic carbocycles. The van der Waals surface area contributed by atoms with Crippen LogP contribution in [0.25, 0.3) is 0 Å². The van der Waals surface area contributed by atoms with E-state index >= 15 is 0 Å². The summed E-state index contributed by atoms with van der Waals surface area (Å²) in [5, 5.41) is 9.29. The number of phenols is 1. The summed E-state index contributed by atoms with van der Waals surface area (Å²) in [7, 11) is 1.84. The molecule has 1 aromatic rings. The number of amides is 1. The van der Waals surface area contributed by atoms with Crippen LogP contribution in [-0.4, -0.2) is 29.5 Å². The third kappa shape index (κ3) is 4.21. The Kier molecular flexibility index (Phi) is 5.23. The zero-order valence-corrected chi connectivity index (χ0v) is 12.8. The average molecular weight is 290 g/mol. The van der Waals surface area contributed by atoms with Crippen molar-refractivity contribution >= 4 is 5.91 Å². The van der Waals surface area contributed by atoms with Gasteiger partial charge in [0.25, 0.3) is 0 Å². The zero-order valence-electron chi connectivity index (χ0n) is 12.8. The molecule has 4 nitrogen and oxygen atoms in total. The molecule has 116 valence electrons. The number of nitrogens with two attached hydrogens (primary N) is 1. The van der Waals surface area contributed by atoms with E-state index in [0.29, 0.717) is 19.5 Å². The molecule has 4 heteroatoms. The van der Waals surface area contributed by atoms with Crippen LogP contribution in [0.2, 0.25) is 0 Å². The van der Waals surface area contributed by atoms with E-state index in [1.807, 2.05) is 19.2 Å². The molecule has 21 heavy (non-hydrogen) atoms. The van der Waals surface area contributed by atoms with Gasteiger partial charge in [-0.2, -0.15) is 0 Å². The Balaban J connectivity index is 1.93. The van der Waals surface area contributed by atoms with E-state index in [9.17, 15) is 9.90 Å². The highest BCUT2D eigenvalue weighted by atomic mass is 16.3. The summed E-state index contributed by atoms with van der Waals surface area (Å²) in [6.45, 7) is 1.17. The summed E-state index contributed by atoms with van der Waals surface area (Å²) < 4.78 is 0. The van der Waals surface area contributed by atoms with Gasteiger partial charge >= 0.3 is 0 Å². The SMILES string of the molecule is CN(Cc1ccc(O)cc1)C(=O)CC1(CN)CCCCC1. The first-order valence-corrected chi connectivity index (χ1v) is 7.77. The van der Waals surface area contributed by atoms with Crippen LogP contribution in [0.15, 0.2) is 24.3 Å². The van der Waals surface area contributed by atoms with Gasteiger partial charge in [0.1, 0.15) is 5.75 Å². The third-order valence-electron chi connectivity index (χ3n) is 4.66. The molecule has 0 spiro atoms. The van der Waals surface area contributed by atoms with Crippen LogP contribution in [-0.2, 0) is 11.3 Å². The van der Waals surface area contributed by atoms with Crippen molar-refractivity contribution < 1.29 is 9.90 Å². The van der Waals surface area contributed by atoms with E-state index in [-0.39, 0.29) is 17.1 Å². The normalized spacial score (nSPS) is 17.4. The zero-order chi connectivity index (χ0) is 15.3. The van der Waals surface area contributed by atoms with E-state index in [0.717, 1.165) is 18.4 Å². The molecule has 0 unspecified atom stereocenters. The van der Waals surface area contributed by atoms with Crippen LogP contribution >= 0.6 is 0 Å². The molecule has 0 bridgehead atoms. The van der Waals surface area contributed by atoms with Gasteiger partial charge < -0.3 is 15.7 Å². The number of aromatic hydroxyl groups is 1. The lowest BCUT2D eigenvalue weighted by Crippen LogP contribution is -2.39. The minimum Gasteiger partial charge on any atom is -0.508 e. The first kappa shape index (κ1) is 15.8. The van der Waals surface area contributed by atoms with Crippen molar-refractivity contribution in [2.24, 2.45) is 11.1 Å². The first-order chi connectivity index (χ1) is 10.0. The lowest BCUT2D eigenvalue weighted by molar-refractivity contribution is -0.133. The average Bonchev–Trinajstić information content (AvgIpc) is 2.50. The van der Waals surface area contributed by atoms with Crippen LogP contribution in [0.4, 0.5) is 0 Å². The highest BCUT2D eigenvalue weighted by Gasteiger charge is 2.33. The summed E-state index contributed by atoms with van der Waals surface area (Å²) in [5.74, 6) is 0.410. The Morgan fingerprint density at radius 2 is 1.86 bits per heavy atom. The maximum atomic E-state index is 12.5. The smallest absolute Gasteiger partial charge is 0.223 e. The molecule has 2 rings (SSSR count). The van der Waals surface area contributed by atoms with Gasteiger partial charge in [0, 0.05) is 20.0 Å². The van der Waals surface area contributed by atoms with Crippen LogP contribution in [0, 0.1) is 5.41 Å². The van der Waals surface area contributed by atoms with E-state index in [4.69, 9.17) is 5.73 Å². The molecule has 0 heterocycles. The summed E-state index contributed by atoms with van der Waals surface area (Å²) in [6.07, 6.45) is 6.33. The van der Waals surface area contributed by atoms with Gasteiger partial charge in [0.15, 0.2) is 0 Å². The number of carbonyl (C=O) groups excluding carboxylic acids is 1. The number of hydrogen-bond acceptors (Lipinski definition) is 3. The minimum absolute atomic E-state index is 0.0124. The van der Waals surface area contributed by atoms with Gasteiger partial charge in [0.05, 0.1) is 0 Å². The molecule has 1 fully saturated rings. The minimum atomic E-state index is 0.0124. The van der Waals surface area contributed by atoms with Crippen molar-refractivity contribution in [2.45, 2.75) is 45.1 Å². The third-order valence-corrected chi connectivity index (χ3v) is 4.66. The second-order valence-electron chi connectivity index (χ2n) is 6.36. The maximum absolute atomic E-state index is 12.5. The Morgan fingerprint density at radius 3 is 2.43 bits per heavy atom. The number of phenolic OH excluding ortho intramolecular Hbond substituents is 1. The Hall–Kier alpha value is -1.55. The number of benzene rings is 1. The molecule has 1 aliphatic carbocycles. The van der Waals surface area contributed by atoms with Crippen molar-refractivity contribution in [3.8, 4) is 5.75 Å². The summed E-state index contributed by atoms with van der Waals surface area (Å²) in [4.78, 5) is 14.2. The fourth-order valence-corrected chi connectivity index (χ4v) is 3.17. The molecule has 0 radical (unpaired) electrons. The number of rotatable bonds is 5. The molecular weight excluding hydrogens is 264 g/mol. The molecule has 0 aromatic heterocycles. The van der Waals surface area contributed by atoms with Gasteiger partial charge in [-0.3, -0.25) is 4.79 Å². The molecule has 0 saturated heterocycles. The Morgan fingerprint density at radius 1 is 1.24 bits per heavy atom. The van der Waals surface area contributed by atoms with E-state index < -0.39 is 0 Å².